The summed E-state index contributed by atoms with van der Waals surface area (Å²) >= 11 is 0. The van der Waals surface area contributed by atoms with E-state index in [9.17, 15) is 9.50 Å². The van der Waals surface area contributed by atoms with Crippen molar-refractivity contribution in [2.24, 2.45) is 0 Å². The second-order valence-electron chi connectivity index (χ2n) is 6.45. The molecule has 0 aliphatic carbocycles. The molecule has 5 heteroatoms. The zero-order valence-electron chi connectivity index (χ0n) is 15.6. The standard InChI is InChI=1S/C21H29FN2O2/c1-4-6-7-8-17(3)15-23-14-13-19(16-23)24(5-2)21(25)26-20-11-9-18(22)10-12-20/h4,6-12,19,21,25H,3,5,13-16H2,1-2H3/b6-4-,8-7-. The molecule has 0 aromatic heterocycles. The summed E-state index contributed by atoms with van der Waals surface area (Å²) in [7, 11) is 0. The number of hydrogen-bond acceptors (Lipinski definition) is 4. The number of aliphatic hydroxyl groups excluding tert-OH is 1. The fourth-order valence-electron chi connectivity index (χ4n) is 3.17. The van der Waals surface area contributed by atoms with Crippen LogP contribution in [0.3, 0.4) is 0 Å². The smallest absolute Gasteiger partial charge is 0.259 e. The number of likely N-dealkylation sites (N-methyl/N-ethyl adjacent to an activating group) is 1. The van der Waals surface area contributed by atoms with Crippen LogP contribution < -0.4 is 4.74 Å². The molecule has 0 bridgehead atoms. The van der Waals surface area contributed by atoms with Crippen LogP contribution in [0.4, 0.5) is 4.39 Å². The van der Waals surface area contributed by atoms with Crippen molar-refractivity contribution in [2.45, 2.75) is 32.7 Å². The molecular formula is C21H29FN2O2. The van der Waals surface area contributed by atoms with Gasteiger partial charge in [0.2, 0.25) is 0 Å². The Balaban J connectivity index is 1.87. The largest absolute Gasteiger partial charge is 0.451 e. The van der Waals surface area contributed by atoms with Crippen molar-refractivity contribution in [2.75, 3.05) is 26.2 Å². The molecule has 1 aromatic carbocycles. The van der Waals surface area contributed by atoms with Gasteiger partial charge in [-0.2, -0.15) is 0 Å². The average Bonchev–Trinajstić information content (AvgIpc) is 3.06. The Labute approximate surface area is 155 Å². The van der Waals surface area contributed by atoms with Crippen LogP contribution in [0.15, 0.2) is 60.7 Å². The number of likely N-dealkylation sites (tertiary alicyclic amines) is 1. The number of benzene rings is 1. The highest BCUT2D eigenvalue weighted by atomic mass is 19.1. The Bertz CT molecular complexity index is 627. The number of hydrogen-bond donors (Lipinski definition) is 1. The summed E-state index contributed by atoms with van der Waals surface area (Å²) in [6, 6.07) is 5.90. The van der Waals surface area contributed by atoms with Crippen molar-refractivity contribution in [3.63, 3.8) is 0 Å². The van der Waals surface area contributed by atoms with Crippen LogP contribution in [0.2, 0.25) is 0 Å². The molecule has 0 saturated carbocycles. The fraction of sp³-hybridized carbons (Fsp3) is 0.429. The molecule has 1 heterocycles. The van der Waals surface area contributed by atoms with Gasteiger partial charge >= 0.3 is 0 Å². The Morgan fingerprint density at radius 1 is 1.42 bits per heavy atom. The predicted molar refractivity (Wildman–Crippen MR) is 103 cm³/mol. The van der Waals surface area contributed by atoms with E-state index in [4.69, 9.17) is 4.74 Å². The highest BCUT2D eigenvalue weighted by Crippen LogP contribution is 2.20. The number of ether oxygens (including phenoxy) is 1. The third-order valence-electron chi connectivity index (χ3n) is 4.48. The van der Waals surface area contributed by atoms with Gasteiger partial charge < -0.3 is 9.84 Å². The molecule has 142 valence electrons. The molecular weight excluding hydrogens is 331 g/mol. The normalized spacial score (nSPS) is 19.7. The molecule has 2 rings (SSSR count). The number of halogens is 1. The third kappa shape index (κ3) is 6.09. The van der Waals surface area contributed by atoms with Crippen molar-refractivity contribution in [3.05, 3.63) is 66.5 Å². The summed E-state index contributed by atoms with van der Waals surface area (Å²) in [4.78, 5) is 4.27. The molecule has 1 fully saturated rings. The van der Waals surface area contributed by atoms with Crippen LogP contribution in [0.1, 0.15) is 20.3 Å². The average molecular weight is 360 g/mol. The van der Waals surface area contributed by atoms with Gasteiger partial charge in [-0.25, -0.2) is 9.29 Å². The first-order valence-electron chi connectivity index (χ1n) is 9.09. The second kappa shape index (κ2) is 10.3. The number of aliphatic hydroxyl groups is 1. The van der Waals surface area contributed by atoms with Crippen LogP contribution in [0.25, 0.3) is 0 Å². The number of allylic oxidation sites excluding steroid dienone is 3. The third-order valence-corrected chi connectivity index (χ3v) is 4.48. The van der Waals surface area contributed by atoms with E-state index >= 15 is 0 Å². The first kappa shape index (κ1) is 20.4. The highest BCUT2D eigenvalue weighted by Gasteiger charge is 2.31. The number of rotatable bonds is 9. The van der Waals surface area contributed by atoms with Gasteiger partial charge in [0, 0.05) is 32.2 Å². The van der Waals surface area contributed by atoms with Crippen LogP contribution in [-0.2, 0) is 0 Å². The lowest BCUT2D eigenvalue weighted by Crippen LogP contribution is -2.47. The lowest BCUT2D eigenvalue weighted by Gasteiger charge is -2.32. The van der Waals surface area contributed by atoms with Crippen LogP contribution in [0, 0.1) is 5.82 Å². The molecule has 2 unspecified atom stereocenters. The van der Waals surface area contributed by atoms with Crippen LogP contribution in [-0.4, -0.2) is 53.5 Å². The van der Waals surface area contributed by atoms with Crippen molar-refractivity contribution < 1.29 is 14.2 Å². The first-order chi connectivity index (χ1) is 12.5. The summed E-state index contributed by atoms with van der Waals surface area (Å²) < 4.78 is 18.6. The lowest BCUT2D eigenvalue weighted by molar-refractivity contribution is -0.148. The molecule has 26 heavy (non-hydrogen) atoms. The minimum atomic E-state index is -1.05. The first-order valence-corrected chi connectivity index (χ1v) is 9.09. The van der Waals surface area contributed by atoms with Crippen LogP contribution in [0.5, 0.6) is 5.75 Å². The van der Waals surface area contributed by atoms with E-state index in [0.717, 1.165) is 31.6 Å². The summed E-state index contributed by atoms with van der Waals surface area (Å²) in [6.45, 7) is 11.4. The molecule has 0 amide bonds. The highest BCUT2D eigenvalue weighted by molar-refractivity contribution is 5.22. The van der Waals surface area contributed by atoms with Gasteiger partial charge in [0.1, 0.15) is 11.6 Å². The van der Waals surface area contributed by atoms with E-state index in [1.54, 1.807) is 0 Å². The van der Waals surface area contributed by atoms with Gasteiger partial charge in [0.25, 0.3) is 6.41 Å². The van der Waals surface area contributed by atoms with Crippen molar-refractivity contribution in [3.8, 4) is 5.75 Å². The molecule has 1 N–H and O–H groups in total. The minimum Gasteiger partial charge on any atom is -0.451 e. The van der Waals surface area contributed by atoms with E-state index in [2.05, 4.69) is 11.5 Å². The van der Waals surface area contributed by atoms with E-state index in [0.29, 0.717) is 12.3 Å². The molecule has 1 saturated heterocycles. The van der Waals surface area contributed by atoms with Crippen LogP contribution >= 0.6 is 0 Å². The zero-order chi connectivity index (χ0) is 18.9. The maximum Gasteiger partial charge on any atom is 0.259 e. The van der Waals surface area contributed by atoms with Crippen molar-refractivity contribution in [1.29, 1.82) is 0 Å². The molecule has 1 aliphatic heterocycles. The van der Waals surface area contributed by atoms with Gasteiger partial charge in [0.15, 0.2) is 0 Å². The Morgan fingerprint density at radius 3 is 2.81 bits per heavy atom. The van der Waals surface area contributed by atoms with Gasteiger partial charge in [0.05, 0.1) is 0 Å². The van der Waals surface area contributed by atoms with Gasteiger partial charge in [-0.1, -0.05) is 37.8 Å². The Morgan fingerprint density at radius 2 is 2.15 bits per heavy atom. The maximum atomic E-state index is 13.0. The molecule has 4 nitrogen and oxygen atoms in total. The number of nitrogens with zero attached hydrogens (tertiary/aromatic N) is 2. The summed E-state index contributed by atoms with van der Waals surface area (Å²) in [6.07, 6.45) is 7.90. The summed E-state index contributed by atoms with van der Waals surface area (Å²) in [5.74, 6) is 0.129. The second-order valence-corrected chi connectivity index (χ2v) is 6.45. The van der Waals surface area contributed by atoms with E-state index in [1.807, 2.05) is 43.1 Å². The van der Waals surface area contributed by atoms with E-state index < -0.39 is 6.41 Å². The molecule has 0 spiro atoms. The fourth-order valence-corrected chi connectivity index (χ4v) is 3.17. The monoisotopic (exact) mass is 360 g/mol. The minimum absolute atomic E-state index is 0.211. The SMILES string of the molecule is C=C(/C=C\C=C/C)CN1CCC(N(CC)C(O)Oc2ccc(F)cc2)C1. The van der Waals surface area contributed by atoms with E-state index in [1.165, 1.54) is 24.3 Å². The topological polar surface area (TPSA) is 35.9 Å². The molecule has 1 aliphatic rings. The van der Waals surface area contributed by atoms with Gasteiger partial charge in [-0.05, 0) is 43.2 Å². The van der Waals surface area contributed by atoms with Gasteiger partial charge in [-0.3, -0.25) is 4.90 Å². The Kier molecular flexibility index (Phi) is 8.04. The Hall–Kier alpha value is -1.95. The van der Waals surface area contributed by atoms with Crippen molar-refractivity contribution >= 4 is 0 Å². The predicted octanol–water partition coefficient (Wildman–Crippen LogP) is 3.57. The lowest BCUT2D eigenvalue weighted by atomic mass is 10.2. The summed E-state index contributed by atoms with van der Waals surface area (Å²) in [5, 5.41) is 10.5. The molecule has 0 radical (unpaired) electrons. The quantitative estimate of drug-likeness (QED) is 0.540. The van der Waals surface area contributed by atoms with Gasteiger partial charge in [-0.15, -0.1) is 0 Å². The van der Waals surface area contributed by atoms with E-state index in [-0.39, 0.29) is 11.9 Å². The zero-order valence-corrected chi connectivity index (χ0v) is 15.6. The maximum absolute atomic E-state index is 13.0. The summed E-state index contributed by atoms with van der Waals surface area (Å²) in [5.41, 5.74) is 1.06. The van der Waals surface area contributed by atoms with Crippen molar-refractivity contribution in [1.82, 2.24) is 9.80 Å². The molecule has 2 atom stereocenters. The molecule has 1 aromatic rings.